The molecule has 1 unspecified atom stereocenters. The lowest BCUT2D eigenvalue weighted by atomic mass is 10.2. The first-order valence-corrected chi connectivity index (χ1v) is 9.71. The quantitative estimate of drug-likeness (QED) is 0.460. The zero-order chi connectivity index (χ0) is 18.3. The van der Waals surface area contributed by atoms with Gasteiger partial charge in [0.05, 0.1) is 6.04 Å². The van der Waals surface area contributed by atoms with Gasteiger partial charge in [0.25, 0.3) is 0 Å². The van der Waals surface area contributed by atoms with E-state index in [2.05, 4.69) is 38.0 Å². The van der Waals surface area contributed by atoms with Crippen LogP contribution in [0.3, 0.4) is 0 Å². The second-order valence-electron chi connectivity index (χ2n) is 7.17. The highest BCUT2D eigenvalue weighted by molar-refractivity contribution is 7.10. The van der Waals surface area contributed by atoms with Crippen LogP contribution in [0.4, 0.5) is 0 Å². The van der Waals surface area contributed by atoms with Crippen LogP contribution in [-0.4, -0.2) is 55.7 Å². The standard InChI is InChI=1S/C18H30N4O2S/c1-18(2,3)24-16(23)13-21-17(19-4)20-12-14(15-8-7-11-25-15)22-9-5-6-10-22/h7-8,11,14H,5-6,9-10,12-13H2,1-4H3,(H2,19,20,21). The van der Waals surface area contributed by atoms with E-state index in [0.717, 1.165) is 19.6 Å². The Balaban J connectivity index is 1.86. The smallest absolute Gasteiger partial charge is 0.325 e. The molecule has 2 heterocycles. The second-order valence-corrected chi connectivity index (χ2v) is 8.15. The molecule has 2 N–H and O–H groups in total. The van der Waals surface area contributed by atoms with Gasteiger partial charge < -0.3 is 15.4 Å². The molecule has 0 bridgehead atoms. The van der Waals surface area contributed by atoms with Crippen molar-refractivity contribution >= 4 is 23.3 Å². The molecule has 0 aromatic carbocycles. The van der Waals surface area contributed by atoms with E-state index in [1.165, 1.54) is 17.7 Å². The highest BCUT2D eigenvalue weighted by atomic mass is 32.1. The number of guanidine groups is 1. The van der Waals surface area contributed by atoms with E-state index in [1.807, 2.05) is 20.8 Å². The molecule has 1 atom stereocenters. The predicted molar refractivity (Wildman–Crippen MR) is 103 cm³/mol. The zero-order valence-corrected chi connectivity index (χ0v) is 16.5. The summed E-state index contributed by atoms with van der Waals surface area (Å²) in [5.74, 6) is 0.330. The number of hydrogen-bond acceptors (Lipinski definition) is 5. The Kier molecular flexibility index (Phi) is 7.25. The number of thiophene rings is 1. The number of hydrogen-bond donors (Lipinski definition) is 2. The molecular formula is C18H30N4O2S. The lowest BCUT2D eigenvalue weighted by molar-refractivity contribution is -0.153. The molecule has 0 aliphatic carbocycles. The molecule has 25 heavy (non-hydrogen) atoms. The van der Waals surface area contributed by atoms with Gasteiger partial charge in [-0.25, -0.2) is 0 Å². The van der Waals surface area contributed by atoms with E-state index in [4.69, 9.17) is 4.74 Å². The van der Waals surface area contributed by atoms with E-state index in [9.17, 15) is 4.79 Å². The maximum atomic E-state index is 11.8. The Hall–Kier alpha value is -1.60. The number of carbonyl (C=O) groups excluding carboxylic acids is 1. The number of nitrogens with zero attached hydrogens (tertiary/aromatic N) is 2. The SMILES string of the molecule is CN=C(NCC(=O)OC(C)(C)C)NCC(c1cccs1)N1CCCC1. The Morgan fingerprint density at radius 3 is 2.64 bits per heavy atom. The van der Waals surface area contributed by atoms with E-state index in [-0.39, 0.29) is 12.5 Å². The van der Waals surface area contributed by atoms with Crippen molar-refractivity contribution in [1.29, 1.82) is 0 Å². The van der Waals surface area contributed by atoms with Gasteiger partial charge in [-0.15, -0.1) is 11.3 Å². The van der Waals surface area contributed by atoms with Crippen LogP contribution in [-0.2, 0) is 9.53 Å². The van der Waals surface area contributed by atoms with E-state index < -0.39 is 5.60 Å². The average molecular weight is 367 g/mol. The van der Waals surface area contributed by atoms with Crippen molar-refractivity contribution in [2.24, 2.45) is 4.99 Å². The van der Waals surface area contributed by atoms with Crippen LogP contribution in [0, 0.1) is 0 Å². The van der Waals surface area contributed by atoms with Gasteiger partial charge in [0.2, 0.25) is 0 Å². The first kappa shape index (κ1) is 19.7. The number of esters is 1. The second kappa shape index (κ2) is 9.20. The molecular weight excluding hydrogens is 336 g/mol. The molecule has 1 fully saturated rings. The fourth-order valence-electron chi connectivity index (χ4n) is 2.89. The molecule has 1 saturated heterocycles. The van der Waals surface area contributed by atoms with Crippen molar-refractivity contribution in [2.45, 2.75) is 45.3 Å². The minimum Gasteiger partial charge on any atom is -0.459 e. The normalized spacial score (nSPS) is 17.4. The molecule has 0 saturated carbocycles. The van der Waals surface area contributed by atoms with Crippen LogP contribution >= 0.6 is 11.3 Å². The minimum atomic E-state index is -0.476. The van der Waals surface area contributed by atoms with Crippen molar-refractivity contribution in [3.8, 4) is 0 Å². The highest BCUT2D eigenvalue weighted by Crippen LogP contribution is 2.27. The van der Waals surface area contributed by atoms with Gasteiger partial charge in [-0.2, -0.15) is 0 Å². The largest absolute Gasteiger partial charge is 0.459 e. The molecule has 0 amide bonds. The van der Waals surface area contributed by atoms with Crippen LogP contribution in [0.5, 0.6) is 0 Å². The molecule has 2 rings (SSSR count). The summed E-state index contributed by atoms with van der Waals surface area (Å²) >= 11 is 1.79. The molecule has 1 aromatic heterocycles. The zero-order valence-electron chi connectivity index (χ0n) is 15.7. The maximum absolute atomic E-state index is 11.8. The molecule has 1 aliphatic rings. The van der Waals surface area contributed by atoms with Crippen molar-refractivity contribution in [3.05, 3.63) is 22.4 Å². The summed E-state index contributed by atoms with van der Waals surface area (Å²) in [6.45, 7) is 8.71. The Morgan fingerprint density at radius 1 is 1.36 bits per heavy atom. The molecule has 0 radical (unpaired) electrons. The summed E-state index contributed by atoms with van der Waals surface area (Å²) in [5.41, 5.74) is -0.476. The number of carbonyl (C=O) groups is 1. The maximum Gasteiger partial charge on any atom is 0.325 e. The highest BCUT2D eigenvalue weighted by Gasteiger charge is 2.24. The third-order valence-corrected chi connectivity index (χ3v) is 4.93. The summed E-state index contributed by atoms with van der Waals surface area (Å²) in [7, 11) is 1.71. The lowest BCUT2D eigenvalue weighted by Gasteiger charge is -2.27. The summed E-state index contributed by atoms with van der Waals surface area (Å²) in [6, 6.07) is 4.62. The Morgan fingerprint density at radius 2 is 2.08 bits per heavy atom. The third kappa shape index (κ3) is 6.66. The van der Waals surface area contributed by atoms with Crippen molar-refractivity contribution in [2.75, 3.05) is 33.2 Å². The molecule has 0 spiro atoms. The van der Waals surface area contributed by atoms with Crippen molar-refractivity contribution < 1.29 is 9.53 Å². The first-order valence-electron chi connectivity index (χ1n) is 8.83. The number of ether oxygens (including phenoxy) is 1. The van der Waals surface area contributed by atoms with E-state index >= 15 is 0 Å². The molecule has 1 aliphatic heterocycles. The number of likely N-dealkylation sites (tertiary alicyclic amines) is 1. The van der Waals surface area contributed by atoms with Gasteiger partial charge in [-0.1, -0.05) is 6.07 Å². The minimum absolute atomic E-state index is 0.102. The van der Waals surface area contributed by atoms with Gasteiger partial charge in [0.1, 0.15) is 12.1 Å². The van der Waals surface area contributed by atoms with Gasteiger partial charge >= 0.3 is 5.97 Å². The Bertz CT molecular complexity index is 560. The van der Waals surface area contributed by atoms with Gasteiger partial charge in [0.15, 0.2) is 5.96 Å². The summed E-state index contributed by atoms with van der Waals surface area (Å²) in [5, 5.41) is 8.50. The van der Waals surface area contributed by atoms with Crippen molar-refractivity contribution in [1.82, 2.24) is 15.5 Å². The Labute approximate surface area is 154 Å². The summed E-state index contributed by atoms with van der Waals surface area (Å²) in [4.78, 5) is 19.9. The molecule has 6 nitrogen and oxygen atoms in total. The monoisotopic (exact) mass is 366 g/mol. The van der Waals surface area contributed by atoms with Crippen LogP contribution in [0.15, 0.2) is 22.5 Å². The number of rotatable bonds is 6. The van der Waals surface area contributed by atoms with Gasteiger partial charge in [0, 0.05) is 18.5 Å². The van der Waals surface area contributed by atoms with E-state index in [0.29, 0.717) is 12.0 Å². The third-order valence-electron chi connectivity index (χ3n) is 3.96. The summed E-state index contributed by atoms with van der Waals surface area (Å²) < 4.78 is 5.31. The fraction of sp³-hybridized carbons (Fsp3) is 0.667. The van der Waals surface area contributed by atoms with Gasteiger partial charge in [-0.05, 0) is 58.1 Å². The van der Waals surface area contributed by atoms with Crippen LogP contribution in [0.1, 0.15) is 44.5 Å². The van der Waals surface area contributed by atoms with Crippen LogP contribution in [0.2, 0.25) is 0 Å². The molecule has 7 heteroatoms. The molecule has 1 aromatic rings. The average Bonchev–Trinajstić information content (AvgIpc) is 3.22. The fourth-order valence-corrected chi connectivity index (χ4v) is 3.75. The predicted octanol–water partition coefficient (Wildman–Crippen LogP) is 2.39. The van der Waals surface area contributed by atoms with Crippen LogP contribution < -0.4 is 10.6 Å². The van der Waals surface area contributed by atoms with Crippen molar-refractivity contribution in [3.63, 3.8) is 0 Å². The van der Waals surface area contributed by atoms with E-state index in [1.54, 1.807) is 18.4 Å². The first-order chi connectivity index (χ1) is 11.9. The van der Waals surface area contributed by atoms with Gasteiger partial charge in [-0.3, -0.25) is 14.7 Å². The lowest BCUT2D eigenvalue weighted by Crippen LogP contribution is -2.44. The number of aliphatic imine (C=N–C) groups is 1. The summed E-state index contributed by atoms with van der Waals surface area (Å²) in [6.07, 6.45) is 2.51. The number of nitrogens with one attached hydrogen (secondary N) is 2. The topological polar surface area (TPSA) is 66.0 Å². The molecule has 140 valence electrons. The van der Waals surface area contributed by atoms with Crippen LogP contribution in [0.25, 0.3) is 0 Å².